The number of rotatable bonds is 3. The van der Waals surface area contributed by atoms with Crippen molar-refractivity contribution in [3.8, 4) is 17.9 Å². The van der Waals surface area contributed by atoms with Crippen LogP contribution in [-0.4, -0.2) is 9.97 Å². The number of thiazole rings is 1. The van der Waals surface area contributed by atoms with E-state index in [2.05, 4.69) is 28.4 Å². The highest BCUT2D eigenvalue weighted by molar-refractivity contribution is 7.09. The van der Waals surface area contributed by atoms with E-state index >= 15 is 0 Å². The summed E-state index contributed by atoms with van der Waals surface area (Å²) in [4.78, 5) is 8.56. The third-order valence-corrected chi connectivity index (χ3v) is 3.61. The van der Waals surface area contributed by atoms with E-state index in [0.717, 1.165) is 16.3 Å². The smallest absolute Gasteiger partial charge is 0.124 e. The lowest BCUT2D eigenvalue weighted by Gasteiger charge is -2.02. The molecule has 0 aliphatic heterocycles. The van der Waals surface area contributed by atoms with Gasteiger partial charge in [-0.25, -0.2) is 9.37 Å². The monoisotopic (exact) mass is 335 g/mol. The largest absolute Gasteiger partial charge is 0.255 e. The molecule has 0 aliphatic carbocycles. The number of nitriles is 1. The van der Waals surface area contributed by atoms with Crippen LogP contribution in [0.15, 0.2) is 53.8 Å². The Labute approximate surface area is 144 Å². The number of pyridine rings is 1. The molecule has 0 unspecified atom stereocenters. The molecule has 0 bridgehead atoms. The molecular formula is C19H14FN3S. The maximum Gasteiger partial charge on any atom is 0.124 e. The molecule has 118 valence electrons. The average molecular weight is 335 g/mol. The maximum atomic E-state index is 13.2. The zero-order chi connectivity index (χ0) is 17.5. The molecule has 0 spiro atoms. The molecule has 2 aromatic rings. The second kappa shape index (κ2) is 8.01. The second-order valence-electron chi connectivity index (χ2n) is 4.90. The Balaban J connectivity index is 2.28. The quantitative estimate of drug-likeness (QED) is 0.468. The predicted molar refractivity (Wildman–Crippen MR) is 94.7 cm³/mol. The summed E-state index contributed by atoms with van der Waals surface area (Å²) in [7, 11) is 0. The molecular weight excluding hydrogens is 321 g/mol. The van der Waals surface area contributed by atoms with Crippen LogP contribution in [0.1, 0.15) is 28.9 Å². The van der Waals surface area contributed by atoms with E-state index in [4.69, 9.17) is 5.26 Å². The predicted octanol–water partition coefficient (Wildman–Crippen LogP) is 4.58. The van der Waals surface area contributed by atoms with Crippen molar-refractivity contribution in [1.29, 1.82) is 5.26 Å². The lowest BCUT2D eigenvalue weighted by atomic mass is 10.1. The summed E-state index contributed by atoms with van der Waals surface area (Å²) in [5.74, 6) is 5.58. The van der Waals surface area contributed by atoms with Gasteiger partial charge >= 0.3 is 0 Å². The lowest BCUT2D eigenvalue weighted by molar-refractivity contribution is 0.641. The molecule has 0 saturated heterocycles. The summed E-state index contributed by atoms with van der Waals surface area (Å²) in [5, 5.41) is 11.7. The first-order chi connectivity index (χ1) is 11.5. The van der Waals surface area contributed by atoms with Gasteiger partial charge in [0.05, 0.1) is 22.6 Å². The van der Waals surface area contributed by atoms with Crippen LogP contribution >= 0.6 is 11.3 Å². The third kappa shape index (κ3) is 5.01. The SMILES string of the molecule is C=C(C#N)/C=C(\C=C(/C)F)c1ccc(C#Cc2csc(C)n2)cn1. The fourth-order valence-corrected chi connectivity index (χ4v) is 2.36. The summed E-state index contributed by atoms with van der Waals surface area (Å²) in [6, 6.07) is 5.43. The molecule has 0 fully saturated rings. The number of aromatic nitrogens is 2. The minimum Gasteiger partial charge on any atom is -0.255 e. The van der Waals surface area contributed by atoms with Crippen molar-refractivity contribution in [3.05, 3.63) is 75.8 Å². The van der Waals surface area contributed by atoms with Gasteiger partial charge in [0.2, 0.25) is 0 Å². The van der Waals surface area contributed by atoms with Gasteiger partial charge in [-0.1, -0.05) is 12.5 Å². The van der Waals surface area contributed by atoms with Gasteiger partial charge in [-0.05, 0) is 44.1 Å². The number of nitrogens with zero attached hydrogens (tertiary/aromatic N) is 3. The lowest BCUT2D eigenvalue weighted by Crippen LogP contribution is -1.89. The van der Waals surface area contributed by atoms with Crippen molar-refractivity contribution in [2.45, 2.75) is 13.8 Å². The molecule has 2 aromatic heterocycles. The number of halogens is 1. The molecule has 0 aromatic carbocycles. The molecule has 5 heteroatoms. The Morgan fingerprint density at radius 2 is 2.12 bits per heavy atom. The summed E-state index contributed by atoms with van der Waals surface area (Å²) in [6.45, 7) is 6.84. The van der Waals surface area contributed by atoms with Gasteiger partial charge in [-0.15, -0.1) is 11.3 Å². The summed E-state index contributed by atoms with van der Waals surface area (Å²) >= 11 is 1.55. The summed E-state index contributed by atoms with van der Waals surface area (Å²) in [6.07, 6.45) is 4.41. The Morgan fingerprint density at radius 3 is 2.67 bits per heavy atom. The number of hydrogen-bond acceptors (Lipinski definition) is 4. The van der Waals surface area contributed by atoms with Gasteiger partial charge in [0.15, 0.2) is 0 Å². The number of allylic oxidation sites excluding steroid dienone is 5. The topological polar surface area (TPSA) is 49.6 Å². The van der Waals surface area contributed by atoms with Gasteiger partial charge in [-0.2, -0.15) is 5.26 Å². The molecule has 0 aliphatic rings. The fourth-order valence-electron chi connectivity index (χ4n) is 1.82. The van der Waals surface area contributed by atoms with Crippen LogP contribution in [0, 0.1) is 30.1 Å². The van der Waals surface area contributed by atoms with Crippen molar-refractivity contribution < 1.29 is 4.39 Å². The second-order valence-corrected chi connectivity index (χ2v) is 5.96. The van der Waals surface area contributed by atoms with Crippen LogP contribution in [-0.2, 0) is 0 Å². The van der Waals surface area contributed by atoms with E-state index in [1.165, 1.54) is 19.1 Å². The van der Waals surface area contributed by atoms with Crippen LogP contribution < -0.4 is 0 Å². The van der Waals surface area contributed by atoms with E-state index in [9.17, 15) is 4.39 Å². The van der Waals surface area contributed by atoms with Crippen LogP contribution in [0.4, 0.5) is 4.39 Å². The normalized spacial score (nSPS) is 11.4. The standard InChI is InChI=1S/C19H14FN3S/c1-13(10-21)8-17(9-14(2)20)19-7-5-16(11-22-19)4-6-18-12-24-15(3)23-18/h5,7-9,11-12H,1H2,2-3H3/b14-9+,17-8+. The van der Waals surface area contributed by atoms with Crippen molar-refractivity contribution >= 4 is 16.9 Å². The van der Waals surface area contributed by atoms with Gasteiger partial charge in [0.25, 0.3) is 0 Å². The minimum atomic E-state index is -0.378. The van der Waals surface area contributed by atoms with Crippen LogP contribution in [0.25, 0.3) is 5.57 Å². The van der Waals surface area contributed by atoms with E-state index in [1.807, 2.05) is 18.4 Å². The number of aryl methyl sites for hydroxylation is 1. The Morgan fingerprint density at radius 1 is 1.33 bits per heavy atom. The summed E-state index contributed by atoms with van der Waals surface area (Å²) < 4.78 is 13.2. The highest BCUT2D eigenvalue weighted by atomic mass is 32.1. The Hall–Kier alpha value is -3.02. The van der Waals surface area contributed by atoms with Gasteiger partial charge in [-0.3, -0.25) is 4.98 Å². The van der Waals surface area contributed by atoms with Crippen LogP contribution in [0.3, 0.4) is 0 Å². The van der Waals surface area contributed by atoms with Crippen molar-refractivity contribution in [3.63, 3.8) is 0 Å². The maximum absolute atomic E-state index is 13.2. The van der Waals surface area contributed by atoms with E-state index < -0.39 is 0 Å². The van der Waals surface area contributed by atoms with E-state index in [0.29, 0.717) is 11.3 Å². The molecule has 0 radical (unpaired) electrons. The zero-order valence-corrected chi connectivity index (χ0v) is 14.1. The van der Waals surface area contributed by atoms with Crippen molar-refractivity contribution in [2.75, 3.05) is 0 Å². The Kier molecular flexibility index (Phi) is 5.78. The highest BCUT2D eigenvalue weighted by Crippen LogP contribution is 2.18. The molecule has 0 N–H and O–H groups in total. The fraction of sp³-hybridized carbons (Fsp3) is 0.105. The van der Waals surface area contributed by atoms with Crippen molar-refractivity contribution in [1.82, 2.24) is 9.97 Å². The molecule has 0 amide bonds. The molecule has 3 nitrogen and oxygen atoms in total. The van der Waals surface area contributed by atoms with E-state index in [-0.39, 0.29) is 11.4 Å². The van der Waals surface area contributed by atoms with Gasteiger partial charge < -0.3 is 0 Å². The third-order valence-electron chi connectivity index (χ3n) is 2.84. The van der Waals surface area contributed by atoms with Gasteiger partial charge in [0, 0.05) is 28.3 Å². The molecule has 2 heterocycles. The molecule has 0 atom stereocenters. The Bertz CT molecular complexity index is 912. The first kappa shape index (κ1) is 17.3. The summed E-state index contributed by atoms with van der Waals surface area (Å²) in [5.41, 5.74) is 2.70. The van der Waals surface area contributed by atoms with E-state index in [1.54, 1.807) is 29.7 Å². The average Bonchev–Trinajstić information content (AvgIpc) is 2.97. The van der Waals surface area contributed by atoms with Crippen LogP contribution in [0.5, 0.6) is 0 Å². The van der Waals surface area contributed by atoms with Crippen LogP contribution in [0.2, 0.25) is 0 Å². The highest BCUT2D eigenvalue weighted by Gasteiger charge is 2.03. The minimum absolute atomic E-state index is 0.229. The number of hydrogen-bond donors (Lipinski definition) is 0. The zero-order valence-electron chi connectivity index (χ0n) is 13.3. The first-order valence-electron chi connectivity index (χ1n) is 7.03. The van der Waals surface area contributed by atoms with Crippen molar-refractivity contribution in [2.24, 2.45) is 0 Å². The molecule has 24 heavy (non-hydrogen) atoms. The van der Waals surface area contributed by atoms with Gasteiger partial charge in [0.1, 0.15) is 5.69 Å². The molecule has 2 rings (SSSR count). The first-order valence-corrected chi connectivity index (χ1v) is 7.91. The molecule has 0 saturated carbocycles.